The number of aliphatic hydroxyl groups is 4. The molecule has 6 unspecified atom stereocenters. The monoisotopic (exact) mass is 1160 g/mol. The first-order valence-corrected chi connectivity index (χ1v) is 31.9. The Bertz CT molecular complexity index is 2440. The first-order chi connectivity index (χ1) is 39.4. The van der Waals surface area contributed by atoms with Gasteiger partial charge in [-0.15, -0.1) is 0 Å². The molecule has 0 amide bonds. The minimum Gasteiger partial charge on any atom is -0.459 e. The molecule has 34 atom stereocenters. The average molecular weight is 1160 g/mol. The quantitative estimate of drug-likeness (QED) is 0.233. The molecule has 17 fully saturated rings. The highest BCUT2D eigenvalue weighted by atomic mass is 16.8. The van der Waals surface area contributed by atoms with E-state index in [9.17, 15) is 25.2 Å². The van der Waals surface area contributed by atoms with Gasteiger partial charge in [0.05, 0.1) is 136 Å². The maximum atomic E-state index is 14.6. The van der Waals surface area contributed by atoms with E-state index in [1.54, 1.807) is 0 Å². The van der Waals surface area contributed by atoms with E-state index in [1.807, 2.05) is 6.92 Å². The minimum atomic E-state index is -1.59. The third-order valence-corrected chi connectivity index (χ3v) is 23.2. The van der Waals surface area contributed by atoms with Crippen LogP contribution in [0.15, 0.2) is 12.2 Å². The summed E-state index contributed by atoms with van der Waals surface area (Å²) in [7, 11) is 0. The maximum absolute atomic E-state index is 14.6. The summed E-state index contributed by atoms with van der Waals surface area (Å²) in [5.74, 6) is -3.54. The van der Waals surface area contributed by atoms with Crippen LogP contribution in [-0.4, -0.2) is 221 Å². The lowest BCUT2D eigenvalue weighted by Crippen LogP contribution is -2.63. The van der Waals surface area contributed by atoms with E-state index in [2.05, 4.69) is 27.4 Å². The van der Waals surface area contributed by atoms with Crippen LogP contribution in [0.3, 0.4) is 0 Å². The van der Waals surface area contributed by atoms with Crippen molar-refractivity contribution in [3.63, 3.8) is 0 Å². The van der Waals surface area contributed by atoms with Crippen molar-refractivity contribution in [3.05, 3.63) is 12.2 Å². The molecule has 0 aliphatic carbocycles. The average Bonchev–Trinajstić information content (AvgIpc) is 3.73. The van der Waals surface area contributed by atoms with Gasteiger partial charge >= 0.3 is 5.97 Å². The van der Waals surface area contributed by atoms with Crippen molar-refractivity contribution in [3.8, 4) is 0 Å². The van der Waals surface area contributed by atoms with Crippen LogP contribution >= 0.6 is 0 Å². The zero-order chi connectivity index (χ0) is 55.9. The number of esters is 1. The lowest BCUT2D eigenvalue weighted by Gasteiger charge is -2.54. The van der Waals surface area contributed by atoms with Gasteiger partial charge in [0, 0.05) is 70.1 Å². The van der Waals surface area contributed by atoms with Gasteiger partial charge in [0.15, 0.2) is 17.4 Å². The molecule has 21 heteroatoms. The molecule has 12 bridgehead atoms. The highest BCUT2D eigenvalue weighted by Crippen LogP contribution is 2.58. The van der Waals surface area contributed by atoms with Crippen molar-refractivity contribution in [1.82, 2.24) is 0 Å². The molecular formula is C61H88O21. The summed E-state index contributed by atoms with van der Waals surface area (Å²) in [5, 5.41) is 43.5. The van der Waals surface area contributed by atoms with Crippen LogP contribution < -0.4 is 0 Å². The lowest BCUT2D eigenvalue weighted by molar-refractivity contribution is -0.369. The Morgan fingerprint density at radius 3 is 2.00 bits per heavy atom. The van der Waals surface area contributed by atoms with Gasteiger partial charge in [-0.3, -0.25) is 4.79 Å². The Labute approximate surface area is 479 Å². The van der Waals surface area contributed by atoms with Gasteiger partial charge in [0.2, 0.25) is 0 Å². The van der Waals surface area contributed by atoms with Gasteiger partial charge in [-0.25, -0.2) is 0 Å². The van der Waals surface area contributed by atoms with Crippen LogP contribution in [0.5, 0.6) is 0 Å². The van der Waals surface area contributed by atoms with E-state index in [1.165, 1.54) is 0 Å². The first kappa shape index (κ1) is 55.7. The smallest absolute Gasteiger partial charge is 0.308 e. The maximum Gasteiger partial charge on any atom is 0.308 e. The number of carbonyl (C=O) groups excluding carboxylic acids is 1. The second-order valence-electron chi connectivity index (χ2n) is 28.7. The number of hydrogen-bond acceptors (Lipinski definition) is 21. The van der Waals surface area contributed by atoms with Crippen molar-refractivity contribution in [2.24, 2.45) is 23.7 Å². The van der Waals surface area contributed by atoms with Crippen LogP contribution in [0, 0.1) is 23.7 Å². The van der Waals surface area contributed by atoms with Crippen molar-refractivity contribution >= 4 is 5.97 Å². The Hall–Kier alpha value is -1.55. The topological polar surface area (TPSA) is 246 Å². The Balaban J connectivity index is 0.639. The molecule has 21 nitrogen and oxygen atoms in total. The summed E-state index contributed by atoms with van der Waals surface area (Å²) >= 11 is 0. The Kier molecular flexibility index (Phi) is 13.9. The molecule has 3 spiro atoms. The molecule has 82 heavy (non-hydrogen) atoms. The highest BCUT2D eigenvalue weighted by molar-refractivity contribution is 5.70. The zero-order valence-corrected chi connectivity index (χ0v) is 47.9. The zero-order valence-electron chi connectivity index (χ0n) is 47.9. The van der Waals surface area contributed by atoms with E-state index in [0.717, 1.165) is 18.4 Å². The van der Waals surface area contributed by atoms with Crippen LogP contribution in [0.1, 0.15) is 143 Å². The number of ether oxygens (including phenoxy) is 16. The van der Waals surface area contributed by atoms with E-state index >= 15 is 0 Å². The SMILES string of the molecule is C=C1C[C@@H]2CC[C@@]34CC5O[C@H]6C(O[C@H]7CC[C@H](CC(=O)O[C@@H]8[C@@H](C)[C@@H]9O[C@@H]%10C[C@]%11(C[C@@H]%12O[C@]%13(C[C@H](C)[C@@H]%14O[C@@H]%15CC(C(O)CO)O[C@@H]%15C[C@@H]%14O%13)C[C@H](C)[C@@H]%12O%11)O[C@@H]%10C[C@@H]9O[C@H]8CC8O[C@@H](CC[C@@H]1O2)C[C@@H](C)C8(O)CO)O[C@@H]7[C@@H]6O3)[C@H]5O4. The summed E-state index contributed by atoms with van der Waals surface area (Å²) < 4.78 is 110. The van der Waals surface area contributed by atoms with Gasteiger partial charge in [0.1, 0.15) is 48.3 Å². The minimum absolute atomic E-state index is 0.0000952. The van der Waals surface area contributed by atoms with E-state index in [0.29, 0.717) is 89.9 Å². The fourth-order valence-electron chi connectivity index (χ4n) is 19.2. The molecule has 17 aliphatic heterocycles. The van der Waals surface area contributed by atoms with Gasteiger partial charge in [-0.1, -0.05) is 34.3 Å². The van der Waals surface area contributed by atoms with Crippen molar-refractivity contribution < 1.29 is 101 Å². The van der Waals surface area contributed by atoms with Crippen LogP contribution in [0.25, 0.3) is 0 Å². The highest BCUT2D eigenvalue weighted by Gasteiger charge is 2.70. The second-order valence-corrected chi connectivity index (χ2v) is 28.7. The fourth-order valence-corrected chi connectivity index (χ4v) is 19.2. The number of carbonyl (C=O) groups is 1. The standard InChI is InChI=1S/C61H88O21/c1-26-12-33-10-11-58-22-45-54(81-58)55-56(75-45)57(82-58)53-36(72-55)9-7-32(69-53)14-48(65)76-52-30(5)51-41(71-42(52)18-47-61(66,25-63)29(4)13-31(68-47)6-8-35(26)67-33)17-40-44(74-51)21-60(77-40)23-46-50(80-60)28(3)20-59(79-46)19-27(2)49-43(78-59)16-38-39(73-49)15-37(70-38)34(64)24-62/h27-47,49-57,62-64,66H,1,6-25H2,2-5H3/t27-,28-,29+,30-,31-,32+,33-,34?,35-,36-,37?,38+,39+,40+,41-,42-,43-,44+,45?,46-,47?,49-,50-,51-,52+,53-,54-,55?,56-,57-,58-,59+,60-,61?/m0/s1. The molecule has 17 heterocycles. The first-order valence-electron chi connectivity index (χ1n) is 31.9. The van der Waals surface area contributed by atoms with Gasteiger partial charge in [-0.2, -0.15) is 0 Å². The summed E-state index contributed by atoms with van der Waals surface area (Å²) in [6.07, 6.45) is 0.263. The van der Waals surface area contributed by atoms with Crippen molar-refractivity contribution in [2.75, 3.05) is 13.2 Å². The Morgan fingerprint density at radius 2 is 1.16 bits per heavy atom. The molecule has 458 valence electrons. The van der Waals surface area contributed by atoms with Crippen LogP contribution in [0.4, 0.5) is 0 Å². The summed E-state index contributed by atoms with van der Waals surface area (Å²) in [5.41, 5.74) is -0.531. The lowest BCUT2D eigenvalue weighted by atomic mass is 9.74. The Morgan fingerprint density at radius 1 is 0.500 bits per heavy atom. The summed E-state index contributed by atoms with van der Waals surface area (Å²) in [4.78, 5) is 14.6. The molecule has 4 N–H and O–H groups in total. The number of rotatable bonds is 3. The largest absolute Gasteiger partial charge is 0.459 e. The van der Waals surface area contributed by atoms with E-state index in [-0.39, 0.29) is 141 Å². The molecule has 17 aliphatic rings. The van der Waals surface area contributed by atoms with E-state index < -0.39 is 96.6 Å². The number of hydrogen-bond donors (Lipinski definition) is 4. The predicted molar refractivity (Wildman–Crippen MR) is 279 cm³/mol. The van der Waals surface area contributed by atoms with Crippen LogP contribution in [0.2, 0.25) is 0 Å². The second kappa shape index (κ2) is 20.5. The molecule has 0 aromatic heterocycles. The normalized spacial score (nSPS) is 59.6. The van der Waals surface area contributed by atoms with Gasteiger partial charge < -0.3 is 96.2 Å². The molecule has 0 saturated carbocycles. The van der Waals surface area contributed by atoms with Gasteiger partial charge in [0.25, 0.3) is 0 Å². The summed E-state index contributed by atoms with van der Waals surface area (Å²) in [6, 6.07) is 0. The third-order valence-electron chi connectivity index (χ3n) is 23.2. The molecule has 0 aromatic rings. The predicted octanol–water partition coefficient (Wildman–Crippen LogP) is 3.50. The van der Waals surface area contributed by atoms with Crippen molar-refractivity contribution in [1.29, 1.82) is 0 Å². The molecular weight excluding hydrogens is 1070 g/mol. The molecule has 17 saturated heterocycles. The van der Waals surface area contributed by atoms with E-state index in [4.69, 9.17) is 75.8 Å². The number of fused-ring (bicyclic) bond motifs is 11. The van der Waals surface area contributed by atoms with Crippen LogP contribution in [-0.2, 0) is 80.6 Å². The van der Waals surface area contributed by atoms with Crippen molar-refractivity contribution in [2.45, 2.75) is 325 Å². The molecule has 0 radical (unpaired) electrons. The molecule has 0 aromatic carbocycles. The number of aliphatic hydroxyl groups excluding tert-OH is 3. The van der Waals surface area contributed by atoms with Gasteiger partial charge in [-0.05, 0) is 68.3 Å². The fraction of sp³-hybridized carbons (Fsp3) is 0.951. The third kappa shape index (κ3) is 9.18. The molecule has 17 rings (SSSR count). The summed E-state index contributed by atoms with van der Waals surface area (Å²) in [6.45, 7) is 12.0.